The number of carbonyl (C=O) groups excluding carboxylic acids is 1. The number of halogens is 1. The van der Waals surface area contributed by atoms with Gasteiger partial charge in [0.1, 0.15) is 0 Å². The Morgan fingerprint density at radius 1 is 1.31 bits per heavy atom. The maximum Gasteiger partial charge on any atom is 0.289 e. The molecule has 1 aromatic heterocycles. The van der Waals surface area contributed by atoms with E-state index in [2.05, 4.69) is 9.71 Å². The van der Waals surface area contributed by atoms with Gasteiger partial charge < -0.3 is 10.8 Å². The number of rotatable bonds is 6. The van der Waals surface area contributed by atoms with Gasteiger partial charge in [0, 0.05) is 17.8 Å². The Labute approximate surface area is 164 Å². The second-order valence-electron chi connectivity index (χ2n) is 6.64. The highest BCUT2D eigenvalue weighted by molar-refractivity contribution is 7.89. The molecule has 29 heavy (non-hydrogen) atoms. The lowest BCUT2D eigenvalue weighted by Gasteiger charge is -2.41. The quantitative estimate of drug-likeness (QED) is 0.451. The lowest BCUT2D eigenvalue weighted by molar-refractivity contribution is -0.387. The number of aromatic nitrogens is 1. The van der Waals surface area contributed by atoms with Crippen molar-refractivity contribution in [2.45, 2.75) is 28.9 Å². The van der Waals surface area contributed by atoms with Crippen LogP contribution in [-0.2, 0) is 26.0 Å². The standard InChI is InChI=1S/C17H17FN4O6S/c18-17(15(19)24)8-7-16(10-23,14-11(17)4-3-9-20-14)21-29(27,28)13-6-2-1-5-12(13)22(25)26/h1-6,9,21,23H,7-8,10H2,(H2,19,24). The molecule has 0 saturated carbocycles. The molecule has 1 heterocycles. The number of fused-ring (bicyclic) bond motifs is 1. The number of nitrogens with two attached hydrogens (primary N) is 1. The van der Waals surface area contributed by atoms with Crippen molar-refractivity contribution in [2.75, 3.05) is 6.61 Å². The highest BCUT2D eigenvalue weighted by Crippen LogP contribution is 2.45. The van der Waals surface area contributed by atoms with E-state index in [1.165, 1.54) is 30.5 Å². The minimum absolute atomic E-state index is 0.211. The van der Waals surface area contributed by atoms with Gasteiger partial charge in [0.2, 0.25) is 15.7 Å². The number of pyridine rings is 1. The Morgan fingerprint density at radius 3 is 2.62 bits per heavy atom. The van der Waals surface area contributed by atoms with Gasteiger partial charge in [-0.15, -0.1) is 0 Å². The first-order valence-corrected chi connectivity index (χ1v) is 9.89. The van der Waals surface area contributed by atoms with Crippen LogP contribution in [0, 0.1) is 10.1 Å². The lowest BCUT2D eigenvalue weighted by Crippen LogP contribution is -2.55. The van der Waals surface area contributed by atoms with Gasteiger partial charge in [-0.3, -0.25) is 19.9 Å². The molecule has 1 aliphatic carbocycles. The minimum Gasteiger partial charge on any atom is -0.394 e. The molecule has 4 N–H and O–H groups in total. The number of aliphatic hydroxyl groups excluding tert-OH is 1. The van der Waals surface area contributed by atoms with Gasteiger partial charge in [0.25, 0.3) is 11.6 Å². The summed E-state index contributed by atoms with van der Waals surface area (Å²) < 4.78 is 43.4. The Hall–Kier alpha value is -2.96. The number of para-hydroxylation sites is 1. The number of hydrogen-bond acceptors (Lipinski definition) is 7. The maximum absolute atomic E-state index is 15.2. The summed E-state index contributed by atoms with van der Waals surface area (Å²) in [5, 5.41) is 21.3. The smallest absolute Gasteiger partial charge is 0.289 e. The predicted octanol–water partition coefficient (Wildman–Crippen LogP) is 0.600. The van der Waals surface area contributed by atoms with Crippen LogP contribution >= 0.6 is 0 Å². The molecule has 0 aliphatic heterocycles. The zero-order valence-electron chi connectivity index (χ0n) is 14.9. The van der Waals surface area contributed by atoms with Crippen molar-refractivity contribution in [1.29, 1.82) is 0 Å². The third kappa shape index (κ3) is 3.34. The van der Waals surface area contributed by atoms with Crippen LogP contribution < -0.4 is 10.5 Å². The van der Waals surface area contributed by atoms with E-state index in [9.17, 15) is 28.4 Å². The van der Waals surface area contributed by atoms with Crippen LogP contribution in [0.2, 0.25) is 0 Å². The van der Waals surface area contributed by atoms with Crippen molar-refractivity contribution in [3.8, 4) is 0 Å². The second-order valence-corrected chi connectivity index (χ2v) is 8.29. The van der Waals surface area contributed by atoms with Gasteiger partial charge >= 0.3 is 0 Å². The van der Waals surface area contributed by atoms with E-state index in [0.717, 1.165) is 12.1 Å². The number of nitro groups is 1. The molecule has 12 heteroatoms. The second kappa shape index (κ2) is 7.13. The van der Waals surface area contributed by atoms with Gasteiger partial charge in [-0.2, -0.15) is 4.72 Å². The first-order valence-electron chi connectivity index (χ1n) is 8.40. The zero-order chi connectivity index (χ0) is 21.4. The van der Waals surface area contributed by atoms with Crippen LogP contribution in [0.25, 0.3) is 0 Å². The van der Waals surface area contributed by atoms with Crippen molar-refractivity contribution in [2.24, 2.45) is 5.73 Å². The van der Waals surface area contributed by atoms with Crippen molar-refractivity contribution in [1.82, 2.24) is 9.71 Å². The fourth-order valence-electron chi connectivity index (χ4n) is 3.43. The number of primary amides is 1. The van der Waals surface area contributed by atoms with Crippen LogP contribution in [0.3, 0.4) is 0 Å². The molecule has 3 rings (SSSR count). The summed E-state index contributed by atoms with van der Waals surface area (Å²) in [6, 6.07) is 7.25. The summed E-state index contributed by atoms with van der Waals surface area (Å²) in [7, 11) is -4.54. The first-order chi connectivity index (χ1) is 13.6. The predicted molar refractivity (Wildman–Crippen MR) is 97.6 cm³/mol. The van der Waals surface area contributed by atoms with Gasteiger partial charge in [-0.25, -0.2) is 12.8 Å². The minimum atomic E-state index is -4.54. The van der Waals surface area contributed by atoms with E-state index in [0.29, 0.717) is 0 Å². The lowest BCUT2D eigenvalue weighted by atomic mass is 9.73. The molecule has 0 radical (unpaired) electrons. The summed E-state index contributed by atoms with van der Waals surface area (Å²) in [5.74, 6) is -1.26. The molecule has 10 nitrogen and oxygen atoms in total. The number of nitrogens with zero attached hydrogens (tertiary/aromatic N) is 2. The van der Waals surface area contributed by atoms with E-state index < -0.39 is 55.7 Å². The monoisotopic (exact) mass is 424 g/mol. The van der Waals surface area contributed by atoms with Crippen LogP contribution in [0.1, 0.15) is 24.1 Å². The van der Waals surface area contributed by atoms with E-state index >= 15 is 4.39 Å². The third-order valence-corrected chi connectivity index (χ3v) is 6.51. The molecule has 2 aromatic rings. The van der Waals surface area contributed by atoms with Crippen molar-refractivity contribution in [3.05, 3.63) is 64.0 Å². The number of nitrogens with one attached hydrogen (secondary N) is 1. The van der Waals surface area contributed by atoms with Crippen LogP contribution in [0.4, 0.5) is 10.1 Å². The average Bonchev–Trinajstić information content (AvgIpc) is 2.70. The largest absolute Gasteiger partial charge is 0.394 e. The summed E-state index contributed by atoms with van der Waals surface area (Å²) in [4.78, 5) is 25.4. The molecular weight excluding hydrogens is 407 g/mol. The van der Waals surface area contributed by atoms with E-state index in [-0.39, 0.29) is 17.7 Å². The number of alkyl halides is 1. The number of aliphatic hydroxyl groups is 1. The molecule has 1 aromatic carbocycles. The third-order valence-electron chi connectivity index (χ3n) is 4.93. The number of sulfonamides is 1. The molecule has 154 valence electrons. The summed E-state index contributed by atoms with van der Waals surface area (Å²) in [6.45, 7) is -0.828. The number of nitro benzene ring substituents is 1. The summed E-state index contributed by atoms with van der Waals surface area (Å²) in [5.41, 5.74) is -0.334. The molecule has 0 saturated heterocycles. The molecule has 2 atom stereocenters. The highest BCUT2D eigenvalue weighted by atomic mass is 32.2. The SMILES string of the molecule is NC(=O)C1(F)CCC(CO)(NS(=O)(=O)c2ccccc2[N+](=O)[O-])c2ncccc21. The Bertz CT molecular complexity index is 1090. The first kappa shape index (κ1) is 20.8. The van der Waals surface area contributed by atoms with Crippen LogP contribution in [0.5, 0.6) is 0 Å². The number of carbonyl (C=O) groups is 1. The normalized spacial score (nSPS) is 23.9. The molecule has 1 amide bonds. The van der Waals surface area contributed by atoms with Gasteiger partial charge in [-0.1, -0.05) is 18.2 Å². The van der Waals surface area contributed by atoms with Crippen molar-refractivity contribution >= 4 is 21.6 Å². The van der Waals surface area contributed by atoms with E-state index in [1.807, 2.05) is 0 Å². The van der Waals surface area contributed by atoms with E-state index in [4.69, 9.17) is 5.73 Å². The zero-order valence-corrected chi connectivity index (χ0v) is 15.7. The average molecular weight is 424 g/mol. The van der Waals surface area contributed by atoms with Gasteiger partial charge in [0.05, 0.1) is 22.8 Å². The fraction of sp³-hybridized carbons (Fsp3) is 0.294. The molecule has 0 spiro atoms. The fourth-order valence-corrected chi connectivity index (χ4v) is 5.00. The molecular formula is C17H17FN4O6S. The highest BCUT2D eigenvalue weighted by Gasteiger charge is 2.53. The topological polar surface area (TPSA) is 166 Å². The number of amides is 1. The van der Waals surface area contributed by atoms with Crippen molar-refractivity contribution in [3.63, 3.8) is 0 Å². The molecule has 0 bridgehead atoms. The number of benzene rings is 1. The summed E-state index contributed by atoms with van der Waals surface area (Å²) >= 11 is 0. The summed E-state index contributed by atoms with van der Waals surface area (Å²) in [6.07, 6.45) is 0.378. The van der Waals surface area contributed by atoms with Gasteiger partial charge in [0.15, 0.2) is 4.90 Å². The molecule has 0 fully saturated rings. The Balaban J connectivity index is 2.15. The molecule has 2 unspecified atom stereocenters. The van der Waals surface area contributed by atoms with Crippen LogP contribution in [-0.4, -0.2) is 35.9 Å². The van der Waals surface area contributed by atoms with Crippen LogP contribution in [0.15, 0.2) is 47.5 Å². The van der Waals surface area contributed by atoms with Crippen molar-refractivity contribution < 1.29 is 27.6 Å². The maximum atomic E-state index is 15.2. The molecule has 1 aliphatic rings. The Morgan fingerprint density at radius 2 is 2.00 bits per heavy atom. The number of hydrogen-bond donors (Lipinski definition) is 3. The van der Waals surface area contributed by atoms with E-state index in [1.54, 1.807) is 0 Å². The van der Waals surface area contributed by atoms with Gasteiger partial charge in [-0.05, 0) is 25.0 Å². The Kier molecular flexibility index (Phi) is 5.11.